The molecule has 4 heteroatoms. The van der Waals surface area contributed by atoms with Gasteiger partial charge in [-0.2, -0.15) is 0 Å². The Balaban J connectivity index is 1.84. The van der Waals surface area contributed by atoms with Gasteiger partial charge in [0.25, 0.3) is 0 Å². The first-order valence-electron chi connectivity index (χ1n) is 8.50. The van der Waals surface area contributed by atoms with Crippen LogP contribution < -0.4 is 5.32 Å². The Hall–Kier alpha value is -2.29. The highest BCUT2D eigenvalue weighted by Gasteiger charge is 2.31. The second kappa shape index (κ2) is 6.79. The van der Waals surface area contributed by atoms with Gasteiger partial charge < -0.3 is 5.32 Å². The van der Waals surface area contributed by atoms with Crippen LogP contribution in [0.5, 0.6) is 0 Å². The molecule has 0 saturated carbocycles. The van der Waals surface area contributed by atoms with Gasteiger partial charge in [0.2, 0.25) is 0 Å². The lowest BCUT2D eigenvalue weighted by Crippen LogP contribution is -2.33. The molecule has 0 spiro atoms. The van der Waals surface area contributed by atoms with Crippen LogP contribution in [0.2, 0.25) is 10.0 Å². The van der Waals surface area contributed by atoms with Crippen molar-refractivity contribution in [2.24, 2.45) is 4.99 Å². The number of halogens is 2. The van der Waals surface area contributed by atoms with Gasteiger partial charge in [-0.1, -0.05) is 59.6 Å². The number of anilines is 1. The molecule has 1 aliphatic heterocycles. The zero-order valence-corrected chi connectivity index (χ0v) is 15.9. The smallest absolute Gasteiger partial charge is 0.0864 e. The molecule has 1 aliphatic rings. The van der Waals surface area contributed by atoms with E-state index in [-0.39, 0.29) is 5.54 Å². The minimum absolute atomic E-state index is 0.310. The van der Waals surface area contributed by atoms with Crippen molar-refractivity contribution in [2.75, 3.05) is 5.32 Å². The van der Waals surface area contributed by atoms with Crippen molar-refractivity contribution in [3.8, 4) is 0 Å². The van der Waals surface area contributed by atoms with Crippen molar-refractivity contribution < 1.29 is 0 Å². The maximum Gasteiger partial charge on any atom is 0.0864 e. The Morgan fingerprint density at radius 3 is 2.15 bits per heavy atom. The highest BCUT2D eigenvalue weighted by Crippen LogP contribution is 2.39. The van der Waals surface area contributed by atoms with Crippen molar-refractivity contribution in [1.29, 1.82) is 0 Å². The Morgan fingerprint density at radius 2 is 1.46 bits per heavy atom. The average Bonchev–Trinajstić information content (AvgIpc) is 2.79. The summed E-state index contributed by atoms with van der Waals surface area (Å²) in [5, 5.41) is 5.16. The Bertz CT molecular complexity index is 962. The number of aliphatic imine (C=N–C) groups is 1. The number of para-hydroxylation sites is 2. The molecule has 0 bridgehead atoms. The van der Waals surface area contributed by atoms with Crippen molar-refractivity contribution in [2.45, 2.75) is 18.9 Å². The summed E-state index contributed by atoms with van der Waals surface area (Å²) in [6, 6.07) is 24.0. The number of benzene rings is 3. The summed E-state index contributed by atoms with van der Waals surface area (Å²) in [5.74, 6) is 0. The molecule has 0 fully saturated rings. The van der Waals surface area contributed by atoms with Crippen LogP contribution in [0.15, 0.2) is 77.8 Å². The van der Waals surface area contributed by atoms with Crippen LogP contribution in [0.3, 0.4) is 0 Å². The SMILES string of the molecule is C[C@]1(c2ccc(Cl)cc2)CC(c2ccc(Cl)cc2)=Nc2ccccc2N1. The lowest BCUT2D eigenvalue weighted by Gasteiger charge is -2.32. The van der Waals surface area contributed by atoms with Gasteiger partial charge in [0.05, 0.1) is 22.6 Å². The van der Waals surface area contributed by atoms with E-state index in [2.05, 4.69) is 30.4 Å². The molecule has 2 nitrogen and oxygen atoms in total. The van der Waals surface area contributed by atoms with Gasteiger partial charge in [0, 0.05) is 16.5 Å². The maximum absolute atomic E-state index is 6.09. The monoisotopic (exact) mass is 380 g/mol. The summed E-state index contributed by atoms with van der Waals surface area (Å²) in [4.78, 5) is 4.96. The molecular formula is C22H18Cl2N2. The summed E-state index contributed by atoms with van der Waals surface area (Å²) in [7, 11) is 0. The van der Waals surface area contributed by atoms with E-state index in [0.717, 1.165) is 39.1 Å². The van der Waals surface area contributed by atoms with E-state index in [1.807, 2.05) is 54.6 Å². The third-order valence-corrected chi connectivity index (χ3v) is 5.25. The molecule has 3 aromatic rings. The number of hydrogen-bond donors (Lipinski definition) is 1. The number of nitrogens with one attached hydrogen (secondary N) is 1. The minimum atomic E-state index is -0.310. The van der Waals surface area contributed by atoms with E-state index in [0.29, 0.717) is 0 Å². The second-order valence-corrected chi connectivity index (χ2v) is 7.60. The molecule has 1 atom stereocenters. The first kappa shape index (κ1) is 17.1. The molecule has 4 rings (SSSR count). The van der Waals surface area contributed by atoms with Gasteiger partial charge in [0.15, 0.2) is 0 Å². The molecule has 130 valence electrons. The predicted octanol–water partition coefficient (Wildman–Crippen LogP) is 6.85. The zero-order chi connectivity index (χ0) is 18.1. The van der Waals surface area contributed by atoms with E-state index in [4.69, 9.17) is 28.2 Å². The summed E-state index contributed by atoms with van der Waals surface area (Å²) in [6.07, 6.45) is 0.741. The van der Waals surface area contributed by atoms with Crippen LogP contribution >= 0.6 is 23.2 Å². The van der Waals surface area contributed by atoms with Crippen LogP contribution in [0, 0.1) is 0 Å². The van der Waals surface area contributed by atoms with Crippen molar-refractivity contribution in [3.63, 3.8) is 0 Å². The van der Waals surface area contributed by atoms with Gasteiger partial charge in [-0.05, 0) is 54.4 Å². The van der Waals surface area contributed by atoms with Gasteiger partial charge in [-0.3, -0.25) is 4.99 Å². The number of rotatable bonds is 2. The molecule has 0 unspecified atom stereocenters. The van der Waals surface area contributed by atoms with Crippen LogP contribution in [0.4, 0.5) is 11.4 Å². The largest absolute Gasteiger partial charge is 0.374 e. The first-order chi connectivity index (χ1) is 12.5. The Kier molecular flexibility index (Phi) is 4.47. The lowest BCUT2D eigenvalue weighted by atomic mass is 9.85. The zero-order valence-electron chi connectivity index (χ0n) is 14.3. The van der Waals surface area contributed by atoms with Gasteiger partial charge >= 0.3 is 0 Å². The number of nitrogens with zero attached hydrogens (tertiary/aromatic N) is 1. The molecule has 1 N–H and O–H groups in total. The first-order valence-corrected chi connectivity index (χ1v) is 9.26. The van der Waals surface area contributed by atoms with Crippen LogP contribution in [-0.2, 0) is 5.54 Å². The normalized spacial score (nSPS) is 19.1. The van der Waals surface area contributed by atoms with E-state index < -0.39 is 0 Å². The topological polar surface area (TPSA) is 24.4 Å². The van der Waals surface area contributed by atoms with E-state index in [1.165, 1.54) is 5.56 Å². The fourth-order valence-electron chi connectivity index (χ4n) is 3.34. The minimum Gasteiger partial charge on any atom is -0.374 e. The second-order valence-electron chi connectivity index (χ2n) is 6.72. The van der Waals surface area contributed by atoms with Gasteiger partial charge in [-0.15, -0.1) is 0 Å². The van der Waals surface area contributed by atoms with E-state index in [9.17, 15) is 0 Å². The van der Waals surface area contributed by atoms with Crippen molar-refractivity contribution in [1.82, 2.24) is 0 Å². The molecule has 0 amide bonds. The summed E-state index contributed by atoms with van der Waals surface area (Å²) in [6.45, 7) is 2.20. The van der Waals surface area contributed by atoms with E-state index in [1.54, 1.807) is 0 Å². The van der Waals surface area contributed by atoms with Gasteiger partial charge in [-0.25, -0.2) is 0 Å². The molecule has 1 heterocycles. The standard InChI is InChI=1S/C22H18Cl2N2/c1-22(16-8-12-18(24)13-9-16)14-21(15-6-10-17(23)11-7-15)25-19-4-2-3-5-20(19)26-22/h2-13,26H,14H2,1H3/t22-/m1/s1. The predicted molar refractivity (Wildman–Crippen MR) is 111 cm³/mol. The fraction of sp³-hybridized carbons (Fsp3) is 0.136. The van der Waals surface area contributed by atoms with Crippen LogP contribution in [0.1, 0.15) is 24.5 Å². The Labute approximate surface area is 163 Å². The molecule has 0 aliphatic carbocycles. The van der Waals surface area contributed by atoms with Crippen molar-refractivity contribution >= 4 is 40.3 Å². The fourth-order valence-corrected chi connectivity index (χ4v) is 3.59. The lowest BCUT2D eigenvalue weighted by molar-refractivity contribution is 0.571. The number of fused-ring (bicyclic) bond motifs is 1. The third-order valence-electron chi connectivity index (χ3n) is 4.75. The quantitative estimate of drug-likeness (QED) is 0.516. The van der Waals surface area contributed by atoms with E-state index >= 15 is 0 Å². The molecule has 0 saturated heterocycles. The average molecular weight is 381 g/mol. The highest BCUT2D eigenvalue weighted by atomic mass is 35.5. The Morgan fingerprint density at radius 1 is 0.846 bits per heavy atom. The molecule has 3 aromatic carbocycles. The summed E-state index contributed by atoms with van der Waals surface area (Å²) >= 11 is 12.2. The number of hydrogen-bond acceptors (Lipinski definition) is 2. The van der Waals surface area contributed by atoms with Crippen molar-refractivity contribution in [3.05, 3.63) is 94.0 Å². The molecular weight excluding hydrogens is 363 g/mol. The van der Waals surface area contributed by atoms with Crippen LogP contribution in [0.25, 0.3) is 0 Å². The molecule has 0 radical (unpaired) electrons. The van der Waals surface area contributed by atoms with Gasteiger partial charge in [0.1, 0.15) is 0 Å². The molecule has 26 heavy (non-hydrogen) atoms. The summed E-state index contributed by atoms with van der Waals surface area (Å²) in [5.41, 5.74) is 4.92. The van der Waals surface area contributed by atoms with Crippen LogP contribution in [-0.4, -0.2) is 5.71 Å². The highest BCUT2D eigenvalue weighted by molar-refractivity contribution is 6.31. The molecule has 0 aromatic heterocycles. The maximum atomic E-state index is 6.09. The third kappa shape index (κ3) is 3.35. The summed E-state index contributed by atoms with van der Waals surface area (Å²) < 4.78 is 0.